The van der Waals surface area contributed by atoms with Crippen LogP contribution >= 0.6 is 11.6 Å². The van der Waals surface area contributed by atoms with Gasteiger partial charge in [0.1, 0.15) is 16.4 Å². The summed E-state index contributed by atoms with van der Waals surface area (Å²) in [6, 6.07) is 11.4. The van der Waals surface area contributed by atoms with E-state index in [4.69, 9.17) is 20.8 Å². The first-order valence-corrected chi connectivity index (χ1v) is 12.3. The van der Waals surface area contributed by atoms with Gasteiger partial charge in [0.25, 0.3) is 5.91 Å². The summed E-state index contributed by atoms with van der Waals surface area (Å²) in [5.74, 6) is 0.321. The Morgan fingerprint density at radius 2 is 1.79 bits per heavy atom. The zero-order chi connectivity index (χ0) is 24.2. The third kappa shape index (κ3) is 5.38. The predicted octanol–water partition coefficient (Wildman–Crippen LogP) is 4.98. The molecule has 1 N–H and O–H groups in total. The summed E-state index contributed by atoms with van der Waals surface area (Å²) >= 11 is 5.92. The van der Waals surface area contributed by atoms with Crippen LogP contribution in [0.3, 0.4) is 0 Å². The molecule has 0 aliphatic heterocycles. The Bertz CT molecular complexity index is 1240. The molecule has 1 amide bonds. The van der Waals surface area contributed by atoms with Crippen molar-refractivity contribution in [2.75, 3.05) is 25.0 Å². The van der Waals surface area contributed by atoms with Gasteiger partial charge in [0, 0.05) is 29.4 Å². The van der Waals surface area contributed by atoms with Crippen LogP contribution in [-0.2, 0) is 10.0 Å². The average Bonchev–Trinajstić information content (AvgIpc) is 3.17. The van der Waals surface area contributed by atoms with Crippen molar-refractivity contribution in [3.63, 3.8) is 0 Å². The third-order valence-electron chi connectivity index (χ3n) is 4.93. The number of sulfonamides is 1. The van der Waals surface area contributed by atoms with Crippen LogP contribution in [-0.4, -0.2) is 43.3 Å². The van der Waals surface area contributed by atoms with Crippen LogP contribution in [0.15, 0.2) is 51.8 Å². The number of carbonyl (C=O) groups is 1. The number of amides is 1. The topological polar surface area (TPSA) is 102 Å². The van der Waals surface area contributed by atoms with E-state index in [1.165, 1.54) is 16.4 Å². The number of hydrogen-bond donors (Lipinski definition) is 1. The molecule has 0 saturated carbocycles. The Hall–Kier alpha value is -2.88. The van der Waals surface area contributed by atoms with Gasteiger partial charge >= 0.3 is 0 Å². The highest BCUT2D eigenvalue weighted by Crippen LogP contribution is 2.31. The highest BCUT2D eigenvalue weighted by molar-refractivity contribution is 7.89. The largest absolute Gasteiger partial charge is 0.492 e. The van der Waals surface area contributed by atoms with Crippen molar-refractivity contribution in [3.8, 4) is 17.2 Å². The van der Waals surface area contributed by atoms with Crippen molar-refractivity contribution in [2.45, 2.75) is 32.6 Å². The number of benzene rings is 2. The molecule has 33 heavy (non-hydrogen) atoms. The predicted molar refractivity (Wildman–Crippen MR) is 127 cm³/mol. The maximum atomic E-state index is 13.1. The van der Waals surface area contributed by atoms with Crippen molar-refractivity contribution in [3.05, 3.63) is 58.9 Å². The number of anilines is 1. The van der Waals surface area contributed by atoms with E-state index in [0.717, 1.165) is 0 Å². The third-order valence-corrected chi connectivity index (χ3v) is 7.25. The van der Waals surface area contributed by atoms with Gasteiger partial charge in [-0.05, 0) is 56.3 Å². The fourth-order valence-electron chi connectivity index (χ4n) is 3.28. The number of ether oxygens (including phenoxy) is 1. The Morgan fingerprint density at radius 1 is 1.12 bits per heavy atom. The Kier molecular flexibility index (Phi) is 7.78. The molecule has 1 aromatic heterocycles. The molecule has 0 aliphatic rings. The fraction of sp³-hybridized carbons (Fsp3) is 0.304. The van der Waals surface area contributed by atoms with Crippen LogP contribution in [0.2, 0.25) is 5.02 Å². The summed E-state index contributed by atoms with van der Waals surface area (Å²) in [6.07, 6.45) is 0. The van der Waals surface area contributed by atoms with Crippen molar-refractivity contribution < 1.29 is 22.4 Å². The maximum absolute atomic E-state index is 13.1. The van der Waals surface area contributed by atoms with Crippen molar-refractivity contribution in [1.82, 2.24) is 9.29 Å². The summed E-state index contributed by atoms with van der Waals surface area (Å²) in [7, 11) is -3.81. The van der Waals surface area contributed by atoms with Gasteiger partial charge in [0.15, 0.2) is 5.69 Å². The zero-order valence-electron chi connectivity index (χ0n) is 18.9. The number of nitrogens with zero attached hydrogens (tertiary/aromatic N) is 2. The fourth-order valence-corrected chi connectivity index (χ4v) is 5.02. The molecular formula is C23H26ClN3O5S. The van der Waals surface area contributed by atoms with E-state index in [9.17, 15) is 13.2 Å². The van der Waals surface area contributed by atoms with E-state index in [-0.39, 0.29) is 22.2 Å². The number of rotatable bonds is 9. The number of oxazole rings is 1. The molecule has 0 fully saturated rings. The molecule has 2 aromatic carbocycles. The lowest BCUT2D eigenvalue weighted by Gasteiger charge is -2.21. The number of aryl methyl sites for hydroxylation is 1. The van der Waals surface area contributed by atoms with Gasteiger partial charge in [0.2, 0.25) is 15.9 Å². The first-order chi connectivity index (χ1) is 15.7. The summed E-state index contributed by atoms with van der Waals surface area (Å²) < 4.78 is 38.8. The maximum Gasteiger partial charge on any atom is 0.277 e. The Labute approximate surface area is 198 Å². The molecule has 176 valence electrons. The average molecular weight is 492 g/mol. The van der Waals surface area contributed by atoms with Crippen molar-refractivity contribution in [1.29, 1.82) is 0 Å². The molecule has 3 aromatic rings. The lowest BCUT2D eigenvalue weighted by molar-refractivity contribution is 0.102. The standard InChI is InChI=1S/C23H26ClN3O5S/c1-5-27(6-2)33(29,30)20-14-18(12-13-19(20)31-7-3)25-22(28)21-15(4)32-23(26-21)16-8-10-17(24)11-9-16/h8-14H,5-7H2,1-4H3,(H,25,28). The van der Waals surface area contributed by atoms with Gasteiger partial charge in [-0.3, -0.25) is 4.79 Å². The van der Waals surface area contributed by atoms with Gasteiger partial charge in [-0.1, -0.05) is 25.4 Å². The van der Waals surface area contributed by atoms with Crippen LogP contribution < -0.4 is 10.1 Å². The number of carbonyl (C=O) groups excluding carboxylic acids is 1. The van der Waals surface area contributed by atoms with Crippen molar-refractivity contribution >= 4 is 33.2 Å². The number of halogens is 1. The molecule has 0 radical (unpaired) electrons. The highest BCUT2D eigenvalue weighted by atomic mass is 35.5. The molecule has 1 heterocycles. The van der Waals surface area contributed by atoms with E-state index < -0.39 is 15.9 Å². The minimum Gasteiger partial charge on any atom is -0.492 e. The molecule has 0 unspecified atom stereocenters. The minimum atomic E-state index is -3.81. The van der Waals surface area contributed by atoms with Crippen LogP contribution in [0.25, 0.3) is 11.5 Å². The molecule has 0 atom stereocenters. The molecule has 3 rings (SSSR count). The van der Waals surface area contributed by atoms with E-state index in [2.05, 4.69) is 10.3 Å². The number of nitrogens with one attached hydrogen (secondary N) is 1. The van der Waals surface area contributed by atoms with Crippen LogP contribution in [0.5, 0.6) is 5.75 Å². The second kappa shape index (κ2) is 10.4. The van der Waals surface area contributed by atoms with Crippen LogP contribution in [0, 0.1) is 6.92 Å². The van der Waals surface area contributed by atoms with Crippen molar-refractivity contribution in [2.24, 2.45) is 0 Å². The minimum absolute atomic E-state index is 0.00965. The molecule has 0 spiro atoms. The number of hydrogen-bond acceptors (Lipinski definition) is 6. The molecule has 8 nitrogen and oxygen atoms in total. The second-order valence-corrected chi connectivity index (χ2v) is 9.41. The summed E-state index contributed by atoms with van der Waals surface area (Å²) in [6.45, 7) is 7.86. The normalized spacial score (nSPS) is 11.6. The monoisotopic (exact) mass is 491 g/mol. The van der Waals surface area contributed by atoms with Gasteiger partial charge in [-0.2, -0.15) is 4.31 Å². The Morgan fingerprint density at radius 3 is 2.39 bits per heavy atom. The first kappa shape index (κ1) is 24.8. The summed E-state index contributed by atoms with van der Waals surface area (Å²) in [4.78, 5) is 17.2. The highest BCUT2D eigenvalue weighted by Gasteiger charge is 2.27. The Balaban J connectivity index is 1.92. The van der Waals surface area contributed by atoms with Gasteiger partial charge in [-0.15, -0.1) is 0 Å². The second-order valence-electron chi connectivity index (χ2n) is 7.07. The summed E-state index contributed by atoms with van der Waals surface area (Å²) in [5, 5.41) is 3.28. The van der Waals surface area contributed by atoms with E-state index in [0.29, 0.717) is 41.7 Å². The zero-order valence-corrected chi connectivity index (χ0v) is 20.5. The molecule has 10 heteroatoms. The van der Waals surface area contributed by atoms with Gasteiger partial charge in [0.05, 0.1) is 6.61 Å². The van der Waals surface area contributed by atoms with Gasteiger partial charge < -0.3 is 14.5 Å². The molecule has 0 aliphatic carbocycles. The van der Waals surface area contributed by atoms with Crippen LogP contribution in [0.4, 0.5) is 5.69 Å². The lowest BCUT2D eigenvalue weighted by atomic mass is 10.2. The summed E-state index contributed by atoms with van der Waals surface area (Å²) in [5.41, 5.74) is 1.07. The quantitative estimate of drug-likeness (QED) is 0.452. The molecule has 0 bridgehead atoms. The van der Waals surface area contributed by atoms with E-state index >= 15 is 0 Å². The molecule has 0 saturated heterocycles. The van der Waals surface area contributed by atoms with Crippen LogP contribution in [0.1, 0.15) is 37.0 Å². The van der Waals surface area contributed by atoms with E-state index in [1.54, 1.807) is 58.0 Å². The number of aromatic nitrogens is 1. The molecular weight excluding hydrogens is 466 g/mol. The SMILES string of the molecule is CCOc1ccc(NC(=O)c2nc(-c3ccc(Cl)cc3)oc2C)cc1S(=O)(=O)N(CC)CC. The lowest BCUT2D eigenvalue weighted by Crippen LogP contribution is -2.31. The van der Waals surface area contributed by atoms with Gasteiger partial charge in [-0.25, -0.2) is 13.4 Å². The smallest absolute Gasteiger partial charge is 0.277 e. The first-order valence-electron chi connectivity index (χ1n) is 10.5. The van der Waals surface area contributed by atoms with E-state index in [1.807, 2.05) is 0 Å².